The zero-order valence-electron chi connectivity index (χ0n) is 13.7. The van der Waals surface area contributed by atoms with Gasteiger partial charge >= 0.3 is 0 Å². The number of ether oxygens (including phenoxy) is 1. The van der Waals surface area contributed by atoms with Crippen LogP contribution in [0.4, 0.5) is 0 Å². The summed E-state index contributed by atoms with van der Waals surface area (Å²) in [5.74, 6) is -0.00277. The number of furan rings is 1. The smallest absolute Gasteiger partial charge is 0.230 e. The highest BCUT2D eigenvalue weighted by Crippen LogP contribution is 2.22. The number of amides is 1. The zero-order valence-corrected chi connectivity index (χ0v) is 13.7. The molecule has 5 heteroatoms. The summed E-state index contributed by atoms with van der Waals surface area (Å²) in [5.41, 5.74) is 0.977. The van der Waals surface area contributed by atoms with Gasteiger partial charge in [-0.2, -0.15) is 0 Å². The predicted octanol–water partition coefficient (Wildman–Crippen LogP) is 2.88. The van der Waals surface area contributed by atoms with Crippen molar-refractivity contribution >= 4 is 11.7 Å². The number of carbonyl (C=O) groups is 2. The van der Waals surface area contributed by atoms with Crippen LogP contribution in [0, 0.1) is 0 Å². The Morgan fingerprint density at radius 1 is 1.21 bits per heavy atom. The largest absolute Gasteiger partial charge is 0.461 e. The second-order valence-electron chi connectivity index (χ2n) is 6.00. The lowest BCUT2D eigenvalue weighted by Crippen LogP contribution is -2.50. The highest BCUT2D eigenvalue weighted by molar-refractivity contribution is 5.94. The van der Waals surface area contributed by atoms with Crippen LogP contribution < -0.4 is 0 Å². The summed E-state index contributed by atoms with van der Waals surface area (Å²) in [6, 6.07) is 12.8. The standard InChI is InChI=1S/C19H21NO4/c1-14(15-6-3-2-4-7-15)19(22)20-9-11-23-13-16(20)12-17(21)18-8-5-10-24-18/h2-8,10,14,16H,9,11-13H2,1H3/t14-,16+/m0/s1. The summed E-state index contributed by atoms with van der Waals surface area (Å²) in [4.78, 5) is 27.0. The molecule has 5 nitrogen and oxygen atoms in total. The van der Waals surface area contributed by atoms with Crippen molar-refractivity contribution in [3.63, 3.8) is 0 Å². The van der Waals surface area contributed by atoms with Crippen molar-refractivity contribution in [1.29, 1.82) is 0 Å². The normalized spacial score (nSPS) is 19.0. The highest BCUT2D eigenvalue weighted by Gasteiger charge is 2.32. The number of Topliss-reactive ketones (excluding diaryl/α,β-unsaturated/α-hetero) is 1. The SMILES string of the molecule is C[C@H](C(=O)N1CCOC[C@H]1CC(=O)c1ccco1)c1ccccc1. The molecule has 2 heterocycles. The lowest BCUT2D eigenvalue weighted by Gasteiger charge is -2.37. The minimum Gasteiger partial charge on any atom is -0.461 e. The molecule has 0 spiro atoms. The van der Waals surface area contributed by atoms with Gasteiger partial charge in [-0.05, 0) is 24.6 Å². The van der Waals surface area contributed by atoms with Gasteiger partial charge in [0.25, 0.3) is 0 Å². The summed E-state index contributed by atoms with van der Waals surface area (Å²) in [7, 11) is 0. The van der Waals surface area contributed by atoms with E-state index in [1.807, 2.05) is 37.3 Å². The van der Waals surface area contributed by atoms with Crippen LogP contribution >= 0.6 is 0 Å². The van der Waals surface area contributed by atoms with E-state index in [0.717, 1.165) is 5.56 Å². The number of morpholine rings is 1. The number of rotatable bonds is 5. The van der Waals surface area contributed by atoms with Gasteiger partial charge in [0.15, 0.2) is 11.5 Å². The van der Waals surface area contributed by atoms with Crippen molar-refractivity contribution in [2.24, 2.45) is 0 Å². The van der Waals surface area contributed by atoms with Crippen LogP contribution in [0.5, 0.6) is 0 Å². The van der Waals surface area contributed by atoms with E-state index in [4.69, 9.17) is 9.15 Å². The molecule has 2 aromatic rings. The van der Waals surface area contributed by atoms with Gasteiger partial charge in [0.05, 0.1) is 31.4 Å². The van der Waals surface area contributed by atoms with Crippen molar-refractivity contribution in [1.82, 2.24) is 4.90 Å². The van der Waals surface area contributed by atoms with Crippen LogP contribution in [-0.4, -0.2) is 42.4 Å². The molecule has 24 heavy (non-hydrogen) atoms. The van der Waals surface area contributed by atoms with Crippen LogP contribution in [-0.2, 0) is 9.53 Å². The topological polar surface area (TPSA) is 59.8 Å². The molecule has 126 valence electrons. The Morgan fingerprint density at radius 2 is 2.00 bits per heavy atom. The zero-order chi connectivity index (χ0) is 16.9. The molecular formula is C19H21NO4. The molecular weight excluding hydrogens is 306 g/mol. The third kappa shape index (κ3) is 3.57. The van der Waals surface area contributed by atoms with Crippen molar-refractivity contribution in [3.05, 3.63) is 60.1 Å². The lowest BCUT2D eigenvalue weighted by atomic mass is 9.97. The number of benzene rings is 1. The van der Waals surface area contributed by atoms with E-state index in [2.05, 4.69) is 0 Å². The molecule has 1 aromatic heterocycles. The lowest BCUT2D eigenvalue weighted by molar-refractivity contribution is -0.141. The quantitative estimate of drug-likeness (QED) is 0.792. The highest BCUT2D eigenvalue weighted by atomic mass is 16.5. The first-order valence-corrected chi connectivity index (χ1v) is 8.16. The van der Waals surface area contributed by atoms with E-state index in [9.17, 15) is 9.59 Å². The van der Waals surface area contributed by atoms with Gasteiger partial charge in [0.2, 0.25) is 5.91 Å². The van der Waals surface area contributed by atoms with Crippen LogP contribution in [0.3, 0.4) is 0 Å². The van der Waals surface area contributed by atoms with Gasteiger partial charge in [-0.3, -0.25) is 9.59 Å². The average Bonchev–Trinajstić information content (AvgIpc) is 3.16. The minimum absolute atomic E-state index is 0.0294. The monoisotopic (exact) mass is 327 g/mol. The minimum atomic E-state index is -0.255. The maximum atomic E-state index is 12.9. The molecule has 2 atom stereocenters. The van der Waals surface area contributed by atoms with Gasteiger partial charge in [0, 0.05) is 13.0 Å². The molecule has 1 aromatic carbocycles. The second kappa shape index (κ2) is 7.45. The molecule has 3 rings (SSSR count). The molecule has 1 amide bonds. The number of ketones is 1. The van der Waals surface area contributed by atoms with Crippen LogP contribution in [0.1, 0.15) is 35.4 Å². The summed E-state index contributed by atoms with van der Waals surface area (Å²) < 4.78 is 10.6. The molecule has 0 radical (unpaired) electrons. The van der Waals surface area contributed by atoms with E-state index >= 15 is 0 Å². The molecule has 0 unspecified atom stereocenters. The Hall–Kier alpha value is -2.40. The van der Waals surface area contributed by atoms with Gasteiger partial charge in [-0.15, -0.1) is 0 Å². The van der Waals surface area contributed by atoms with Crippen molar-refractivity contribution < 1.29 is 18.7 Å². The molecule has 1 fully saturated rings. The number of hydrogen-bond donors (Lipinski definition) is 0. The van der Waals surface area contributed by atoms with Gasteiger partial charge < -0.3 is 14.1 Å². The fraction of sp³-hybridized carbons (Fsp3) is 0.368. The molecule has 0 N–H and O–H groups in total. The first-order valence-electron chi connectivity index (χ1n) is 8.16. The fourth-order valence-corrected chi connectivity index (χ4v) is 3.00. The van der Waals surface area contributed by atoms with Gasteiger partial charge in [-0.25, -0.2) is 0 Å². The first kappa shape index (κ1) is 16.5. The Balaban J connectivity index is 1.72. The van der Waals surface area contributed by atoms with Crippen molar-refractivity contribution in [2.45, 2.75) is 25.3 Å². The number of carbonyl (C=O) groups excluding carboxylic acids is 2. The third-order valence-corrected chi connectivity index (χ3v) is 4.40. The third-order valence-electron chi connectivity index (χ3n) is 4.40. The molecule has 0 saturated carbocycles. The maximum Gasteiger partial charge on any atom is 0.230 e. The van der Waals surface area contributed by atoms with Gasteiger partial charge in [-0.1, -0.05) is 30.3 Å². The van der Waals surface area contributed by atoms with Crippen molar-refractivity contribution in [2.75, 3.05) is 19.8 Å². The first-order chi connectivity index (χ1) is 11.7. The van der Waals surface area contributed by atoms with Crippen molar-refractivity contribution in [3.8, 4) is 0 Å². The van der Waals surface area contributed by atoms with Crippen LogP contribution in [0.25, 0.3) is 0 Å². The Kier molecular flexibility index (Phi) is 5.11. The second-order valence-corrected chi connectivity index (χ2v) is 6.00. The summed E-state index contributed by atoms with van der Waals surface area (Å²) in [6.45, 7) is 3.28. The Labute approximate surface area is 141 Å². The van der Waals surface area contributed by atoms with E-state index in [0.29, 0.717) is 25.5 Å². The Morgan fingerprint density at radius 3 is 2.71 bits per heavy atom. The number of nitrogens with zero attached hydrogens (tertiary/aromatic N) is 1. The Bertz CT molecular complexity index is 681. The molecule has 1 aliphatic heterocycles. The van der Waals surface area contributed by atoms with E-state index in [1.165, 1.54) is 6.26 Å². The fourth-order valence-electron chi connectivity index (χ4n) is 3.00. The molecule has 0 aliphatic carbocycles. The van der Waals surface area contributed by atoms with Crippen LogP contribution in [0.15, 0.2) is 53.1 Å². The summed E-state index contributed by atoms with van der Waals surface area (Å²) in [6.07, 6.45) is 1.69. The summed E-state index contributed by atoms with van der Waals surface area (Å²) >= 11 is 0. The van der Waals surface area contributed by atoms with E-state index in [-0.39, 0.29) is 30.1 Å². The number of hydrogen-bond acceptors (Lipinski definition) is 4. The molecule has 0 bridgehead atoms. The molecule has 1 saturated heterocycles. The summed E-state index contributed by atoms with van der Waals surface area (Å²) in [5, 5.41) is 0. The predicted molar refractivity (Wildman–Crippen MR) is 88.8 cm³/mol. The average molecular weight is 327 g/mol. The van der Waals surface area contributed by atoms with Crippen LogP contribution in [0.2, 0.25) is 0 Å². The van der Waals surface area contributed by atoms with E-state index < -0.39 is 0 Å². The maximum absolute atomic E-state index is 12.9. The van der Waals surface area contributed by atoms with Gasteiger partial charge in [0.1, 0.15) is 0 Å². The molecule has 1 aliphatic rings. The van der Waals surface area contributed by atoms with E-state index in [1.54, 1.807) is 17.0 Å².